The maximum atomic E-state index is 11.7. The molecule has 6 nitrogen and oxygen atoms in total. The predicted octanol–water partition coefficient (Wildman–Crippen LogP) is 1.31. The largest absolute Gasteiger partial charge is 0.341 e. The van der Waals surface area contributed by atoms with Crippen LogP contribution in [0.4, 0.5) is 5.69 Å². The third-order valence-electron chi connectivity index (χ3n) is 2.15. The molecule has 17 heavy (non-hydrogen) atoms. The first-order valence-corrected chi connectivity index (χ1v) is 5.16. The van der Waals surface area contributed by atoms with E-state index in [1.165, 1.54) is 0 Å². The summed E-state index contributed by atoms with van der Waals surface area (Å²) in [6.07, 6.45) is 0. The zero-order valence-corrected chi connectivity index (χ0v) is 9.63. The highest BCUT2D eigenvalue weighted by molar-refractivity contribution is 6.30. The minimum atomic E-state index is -0.525. The lowest BCUT2D eigenvalue weighted by atomic mass is 10.2. The molecule has 1 amide bonds. The van der Waals surface area contributed by atoms with Gasteiger partial charge in [0.1, 0.15) is 0 Å². The number of aryl methyl sites for hydroxylation is 1. The molecule has 0 spiro atoms. The monoisotopic (exact) mass is 252 g/mol. The van der Waals surface area contributed by atoms with Crippen molar-refractivity contribution in [3.8, 4) is 0 Å². The highest BCUT2D eigenvalue weighted by Gasteiger charge is 2.11. The fourth-order valence-electron chi connectivity index (χ4n) is 1.33. The third kappa shape index (κ3) is 2.54. The summed E-state index contributed by atoms with van der Waals surface area (Å²) in [6.45, 7) is 1.81. The van der Waals surface area contributed by atoms with Gasteiger partial charge in [-0.15, -0.1) is 5.10 Å². The van der Waals surface area contributed by atoms with Gasteiger partial charge in [-0.1, -0.05) is 11.6 Å². The number of anilines is 1. The molecule has 0 radical (unpaired) electrons. The van der Waals surface area contributed by atoms with Crippen LogP contribution in [-0.4, -0.2) is 21.1 Å². The van der Waals surface area contributed by atoms with Gasteiger partial charge in [-0.2, -0.15) is 0 Å². The number of H-pyrrole nitrogens is 2. The number of hydrogen-bond donors (Lipinski definition) is 3. The van der Waals surface area contributed by atoms with E-state index in [2.05, 4.69) is 20.5 Å². The molecule has 0 fully saturated rings. The summed E-state index contributed by atoms with van der Waals surface area (Å²) in [7, 11) is 0. The second kappa shape index (κ2) is 4.42. The molecular formula is C10H9ClN4O2. The van der Waals surface area contributed by atoms with Crippen LogP contribution in [0.15, 0.2) is 23.0 Å². The molecule has 0 aliphatic carbocycles. The van der Waals surface area contributed by atoms with Crippen LogP contribution in [0.1, 0.15) is 16.2 Å². The fraction of sp³-hybridized carbons (Fsp3) is 0.100. The Hall–Kier alpha value is -2.08. The molecule has 1 aromatic carbocycles. The van der Waals surface area contributed by atoms with Crippen LogP contribution >= 0.6 is 11.6 Å². The summed E-state index contributed by atoms with van der Waals surface area (Å²) < 4.78 is 0. The average molecular weight is 253 g/mol. The maximum absolute atomic E-state index is 11.7. The first kappa shape index (κ1) is 11.4. The summed E-state index contributed by atoms with van der Waals surface area (Å²) in [5, 5.41) is 8.85. The zero-order chi connectivity index (χ0) is 12.4. The van der Waals surface area contributed by atoms with E-state index in [9.17, 15) is 9.59 Å². The van der Waals surface area contributed by atoms with Crippen molar-refractivity contribution < 1.29 is 4.79 Å². The molecule has 0 saturated carbocycles. The summed E-state index contributed by atoms with van der Waals surface area (Å²) >= 11 is 5.80. The van der Waals surface area contributed by atoms with Gasteiger partial charge in [0.05, 0.1) is 0 Å². The molecule has 0 aliphatic rings. The van der Waals surface area contributed by atoms with E-state index in [-0.39, 0.29) is 5.82 Å². The highest BCUT2D eigenvalue weighted by atomic mass is 35.5. The Morgan fingerprint density at radius 1 is 1.47 bits per heavy atom. The summed E-state index contributed by atoms with van der Waals surface area (Å²) in [6, 6.07) is 5.07. The van der Waals surface area contributed by atoms with Crippen molar-refractivity contribution in [1.82, 2.24) is 15.2 Å². The number of benzene rings is 1. The molecule has 7 heteroatoms. The first-order valence-electron chi connectivity index (χ1n) is 4.78. The van der Waals surface area contributed by atoms with Gasteiger partial charge in [-0.3, -0.25) is 9.78 Å². The first-order chi connectivity index (χ1) is 8.06. The Labute approximate surface area is 101 Å². The molecule has 0 unspecified atom stereocenters. The van der Waals surface area contributed by atoms with Gasteiger partial charge in [0.2, 0.25) is 5.82 Å². The quantitative estimate of drug-likeness (QED) is 0.753. The van der Waals surface area contributed by atoms with Crippen LogP contribution in [0.2, 0.25) is 5.02 Å². The molecule has 2 rings (SSSR count). The standard InChI is InChI=1S/C10H9ClN4O2/c1-5-4-6(11)2-3-7(5)12-9(16)8-13-10(17)15-14-8/h2-4H,1H3,(H,12,16)(H2,13,14,15,17). The molecule has 0 atom stereocenters. The van der Waals surface area contributed by atoms with E-state index in [0.717, 1.165) is 5.56 Å². The lowest BCUT2D eigenvalue weighted by molar-refractivity contribution is 0.101. The number of amides is 1. The fourth-order valence-corrected chi connectivity index (χ4v) is 1.55. The van der Waals surface area contributed by atoms with Crippen molar-refractivity contribution in [1.29, 1.82) is 0 Å². The third-order valence-corrected chi connectivity index (χ3v) is 2.39. The molecule has 3 N–H and O–H groups in total. The van der Waals surface area contributed by atoms with Gasteiger partial charge >= 0.3 is 5.69 Å². The number of aromatic amines is 2. The number of aromatic nitrogens is 3. The minimum absolute atomic E-state index is 0.0654. The number of carbonyl (C=O) groups excluding carboxylic acids is 1. The number of rotatable bonds is 2. The lowest BCUT2D eigenvalue weighted by Gasteiger charge is -2.06. The highest BCUT2D eigenvalue weighted by Crippen LogP contribution is 2.19. The van der Waals surface area contributed by atoms with Crippen LogP contribution in [0.5, 0.6) is 0 Å². The Morgan fingerprint density at radius 3 is 2.82 bits per heavy atom. The number of halogens is 1. The average Bonchev–Trinajstić information content (AvgIpc) is 2.69. The molecule has 2 aromatic rings. The Balaban J connectivity index is 2.21. The lowest BCUT2D eigenvalue weighted by Crippen LogP contribution is -2.15. The van der Waals surface area contributed by atoms with Crippen molar-refractivity contribution in [2.45, 2.75) is 6.92 Å². The van der Waals surface area contributed by atoms with Crippen molar-refractivity contribution in [2.24, 2.45) is 0 Å². The van der Waals surface area contributed by atoms with Crippen LogP contribution in [0.3, 0.4) is 0 Å². The van der Waals surface area contributed by atoms with E-state index in [0.29, 0.717) is 10.7 Å². The second-order valence-electron chi connectivity index (χ2n) is 3.44. The zero-order valence-electron chi connectivity index (χ0n) is 8.87. The molecule has 0 bridgehead atoms. The van der Waals surface area contributed by atoms with Gasteiger partial charge < -0.3 is 5.32 Å². The molecular weight excluding hydrogens is 244 g/mol. The van der Waals surface area contributed by atoms with Crippen molar-refractivity contribution in [3.05, 3.63) is 45.1 Å². The van der Waals surface area contributed by atoms with Gasteiger partial charge in [-0.05, 0) is 30.7 Å². The van der Waals surface area contributed by atoms with Gasteiger partial charge in [0.25, 0.3) is 5.91 Å². The van der Waals surface area contributed by atoms with Crippen molar-refractivity contribution in [2.75, 3.05) is 5.32 Å². The van der Waals surface area contributed by atoms with E-state index in [4.69, 9.17) is 11.6 Å². The second-order valence-corrected chi connectivity index (χ2v) is 3.88. The van der Waals surface area contributed by atoms with Crippen molar-refractivity contribution in [3.63, 3.8) is 0 Å². The van der Waals surface area contributed by atoms with Gasteiger partial charge in [0.15, 0.2) is 0 Å². The smallest absolute Gasteiger partial charge is 0.319 e. The number of nitrogens with one attached hydrogen (secondary N) is 3. The maximum Gasteiger partial charge on any atom is 0.341 e. The van der Waals surface area contributed by atoms with Gasteiger partial charge in [-0.25, -0.2) is 9.89 Å². The molecule has 0 aliphatic heterocycles. The SMILES string of the molecule is Cc1cc(Cl)ccc1NC(=O)c1n[nH]c(=O)[nH]1. The Kier molecular flexibility index (Phi) is 2.97. The molecule has 0 saturated heterocycles. The van der Waals surface area contributed by atoms with E-state index >= 15 is 0 Å². The van der Waals surface area contributed by atoms with Crippen LogP contribution in [-0.2, 0) is 0 Å². The molecule has 88 valence electrons. The number of nitrogens with zero attached hydrogens (tertiary/aromatic N) is 1. The Morgan fingerprint density at radius 2 is 2.24 bits per heavy atom. The summed E-state index contributed by atoms with van der Waals surface area (Å²) in [4.78, 5) is 24.7. The Bertz CT molecular complexity index is 617. The number of carbonyl (C=O) groups is 1. The van der Waals surface area contributed by atoms with E-state index in [1.807, 2.05) is 6.92 Å². The number of hydrogen-bond acceptors (Lipinski definition) is 3. The topological polar surface area (TPSA) is 90.6 Å². The summed E-state index contributed by atoms with van der Waals surface area (Å²) in [5.41, 5.74) is 0.912. The predicted molar refractivity (Wildman–Crippen MR) is 63.4 cm³/mol. The van der Waals surface area contributed by atoms with E-state index in [1.54, 1.807) is 18.2 Å². The van der Waals surface area contributed by atoms with Crippen LogP contribution in [0, 0.1) is 6.92 Å². The van der Waals surface area contributed by atoms with Crippen LogP contribution < -0.4 is 11.0 Å². The van der Waals surface area contributed by atoms with Gasteiger partial charge in [0, 0.05) is 10.7 Å². The minimum Gasteiger partial charge on any atom is -0.319 e. The van der Waals surface area contributed by atoms with E-state index < -0.39 is 11.6 Å². The van der Waals surface area contributed by atoms with Crippen LogP contribution in [0.25, 0.3) is 0 Å². The molecule has 1 aromatic heterocycles. The van der Waals surface area contributed by atoms with Crippen molar-refractivity contribution >= 4 is 23.2 Å². The molecule has 1 heterocycles. The normalized spacial score (nSPS) is 10.2. The summed E-state index contributed by atoms with van der Waals surface area (Å²) in [5.74, 6) is -0.557.